The number of hydrogen-bond acceptors (Lipinski definition) is 3. The van der Waals surface area contributed by atoms with E-state index in [-0.39, 0.29) is 24.6 Å². The Morgan fingerprint density at radius 2 is 1.88 bits per heavy atom. The maximum Gasteiger partial charge on any atom is 0.250 e. The molecule has 1 aromatic carbocycles. The van der Waals surface area contributed by atoms with Crippen molar-refractivity contribution in [2.45, 2.75) is 43.7 Å². The van der Waals surface area contributed by atoms with Gasteiger partial charge in [-0.25, -0.2) is 0 Å². The van der Waals surface area contributed by atoms with Gasteiger partial charge in [0.25, 0.3) is 5.56 Å². The third kappa shape index (κ3) is 4.00. The van der Waals surface area contributed by atoms with E-state index in [1.165, 1.54) is 10.6 Å². The van der Waals surface area contributed by atoms with Gasteiger partial charge in [-0.15, -0.1) is 0 Å². The molecular weight excluding hydrogens is 352 g/mol. The van der Waals surface area contributed by atoms with Crippen LogP contribution in [-0.2, 0) is 16.8 Å². The summed E-state index contributed by atoms with van der Waals surface area (Å²) in [6.07, 6.45) is 4.36. The van der Waals surface area contributed by atoms with E-state index >= 15 is 0 Å². The third-order valence-electron chi connectivity index (χ3n) is 5.09. The number of nitrogens with one attached hydrogen (secondary N) is 1. The Morgan fingerprint density at radius 1 is 1.19 bits per heavy atom. The number of halogens is 1. The Kier molecular flexibility index (Phi) is 5.79. The number of aliphatic hydroxyl groups excluding tert-OH is 1. The minimum absolute atomic E-state index is 0.0724. The van der Waals surface area contributed by atoms with E-state index in [1.54, 1.807) is 30.5 Å². The van der Waals surface area contributed by atoms with Crippen molar-refractivity contribution in [1.29, 1.82) is 0 Å². The number of benzene rings is 1. The minimum Gasteiger partial charge on any atom is -0.389 e. The lowest BCUT2D eigenvalue weighted by molar-refractivity contribution is -0.127. The maximum absolute atomic E-state index is 13.0. The Hall–Kier alpha value is -2.11. The van der Waals surface area contributed by atoms with Gasteiger partial charge < -0.3 is 15.0 Å². The Bertz CT molecular complexity index is 810. The SMILES string of the molecule is O=C(NC[C@H](O)Cn1ccccc1=O)C1(c2ccc(Cl)cc2)CCCC1. The molecule has 1 aliphatic carbocycles. The molecule has 0 bridgehead atoms. The fraction of sp³-hybridized carbons (Fsp3) is 0.400. The molecule has 1 heterocycles. The zero-order valence-corrected chi connectivity index (χ0v) is 15.3. The Morgan fingerprint density at radius 3 is 2.54 bits per heavy atom. The lowest BCUT2D eigenvalue weighted by Gasteiger charge is -2.29. The topological polar surface area (TPSA) is 71.3 Å². The molecule has 1 aliphatic rings. The van der Waals surface area contributed by atoms with Crippen molar-refractivity contribution in [2.75, 3.05) is 6.54 Å². The van der Waals surface area contributed by atoms with Gasteiger partial charge in [0.2, 0.25) is 5.91 Å². The summed E-state index contributed by atoms with van der Waals surface area (Å²) in [7, 11) is 0. The number of rotatable bonds is 6. The number of amides is 1. The van der Waals surface area contributed by atoms with Crippen LogP contribution in [0.3, 0.4) is 0 Å². The van der Waals surface area contributed by atoms with Crippen LogP contribution in [0.5, 0.6) is 0 Å². The summed E-state index contributed by atoms with van der Waals surface area (Å²) in [6.45, 7) is 0.253. The van der Waals surface area contributed by atoms with Crippen LogP contribution in [0.2, 0.25) is 5.02 Å². The van der Waals surface area contributed by atoms with Crippen LogP contribution in [0, 0.1) is 0 Å². The van der Waals surface area contributed by atoms with Gasteiger partial charge in [-0.2, -0.15) is 0 Å². The lowest BCUT2D eigenvalue weighted by Crippen LogP contribution is -2.46. The van der Waals surface area contributed by atoms with E-state index < -0.39 is 11.5 Å². The number of hydrogen-bond donors (Lipinski definition) is 2. The molecule has 1 aromatic heterocycles. The standard InChI is InChI=1S/C20H23ClN2O3/c21-16-8-6-15(7-9-16)20(10-2-3-11-20)19(26)22-13-17(24)14-23-12-4-1-5-18(23)25/h1,4-9,12,17,24H,2-3,10-11,13-14H2,(H,22,26)/t17-/m0/s1. The summed E-state index contributed by atoms with van der Waals surface area (Å²) >= 11 is 5.97. The average Bonchev–Trinajstić information content (AvgIpc) is 3.13. The smallest absolute Gasteiger partial charge is 0.250 e. The van der Waals surface area contributed by atoms with E-state index in [9.17, 15) is 14.7 Å². The molecule has 1 saturated carbocycles. The molecule has 1 amide bonds. The molecule has 5 nitrogen and oxygen atoms in total. The highest BCUT2D eigenvalue weighted by molar-refractivity contribution is 6.30. The van der Waals surface area contributed by atoms with Gasteiger partial charge in [0.05, 0.1) is 18.1 Å². The molecule has 138 valence electrons. The largest absolute Gasteiger partial charge is 0.389 e. The molecule has 1 fully saturated rings. The summed E-state index contributed by atoms with van der Waals surface area (Å²) in [6, 6.07) is 12.3. The number of carbonyl (C=O) groups excluding carboxylic acids is 1. The number of aliphatic hydroxyl groups is 1. The van der Waals surface area contributed by atoms with Crippen LogP contribution < -0.4 is 10.9 Å². The van der Waals surface area contributed by atoms with Crippen molar-refractivity contribution in [2.24, 2.45) is 0 Å². The molecule has 0 unspecified atom stereocenters. The van der Waals surface area contributed by atoms with Gasteiger partial charge in [0, 0.05) is 23.8 Å². The van der Waals surface area contributed by atoms with E-state index in [4.69, 9.17) is 11.6 Å². The van der Waals surface area contributed by atoms with Crippen molar-refractivity contribution in [3.05, 3.63) is 69.6 Å². The van der Waals surface area contributed by atoms with Crippen LogP contribution in [0.4, 0.5) is 0 Å². The fourth-order valence-corrected chi connectivity index (χ4v) is 3.80. The van der Waals surface area contributed by atoms with E-state index in [0.29, 0.717) is 5.02 Å². The van der Waals surface area contributed by atoms with E-state index in [2.05, 4.69) is 5.32 Å². The quantitative estimate of drug-likeness (QED) is 0.816. The Labute approximate surface area is 157 Å². The minimum atomic E-state index is -0.831. The first-order chi connectivity index (χ1) is 12.5. The monoisotopic (exact) mass is 374 g/mol. The lowest BCUT2D eigenvalue weighted by atomic mass is 9.78. The number of nitrogens with zero attached hydrogens (tertiary/aromatic N) is 1. The van der Waals surface area contributed by atoms with Crippen molar-refractivity contribution in [3.63, 3.8) is 0 Å². The summed E-state index contributed by atoms with van der Waals surface area (Å²) in [5.74, 6) is -0.0724. The van der Waals surface area contributed by atoms with Crippen molar-refractivity contribution < 1.29 is 9.90 Å². The molecular formula is C20H23ClN2O3. The summed E-state index contributed by atoms with van der Waals surface area (Å²) < 4.78 is 1.43. The first-order valence-corrected chi connectivity index (χ1v) is 9.27. The van der Waals surface area contributed by atoms with Crippen LogP contribution in [0.25, 0.3) is 0 Å². The summed E-state index contributed by atoms with van der Waals surface area (Å²) in [4.78, 5) is 24.7. The van der Waals surface area contributed by atoms with Gasteiger partial charge in [-0.3, -0.25) is 9.59 Å². The number of pyridine rings is 1. The van der Waals surface area contributed by atoms with Crippen LogP contribution in [0.1, 0.15) is 31.2 Å². The Balaban J connectivity index is 1.66. The van der Waals surface area contributed by atoms with E-state index in [0.717, 1.165) is 31.2 Å². The maximum atomic E-state index is 13.0. The molecule has 3 rings (SSSR count). The molecule has 2 aromatic rings. The van der Waals surface area contributed by atoms with Crippen LogP contribution in [0.15, 0.2) is 53.5 Å². The highest BCUT2D eigenvalue weighted by Gasteiger charge is 2.42. The highest BCUT2D eigenvalue weighted by atomic mass is 35.5. The second-order valence-electron chi connectivity index (χ2n) is 6.85. The molecule has 0 saturated heterocycles. The molecule has 2 N–H and O–H groups in total. The van der Waals surface area contributed by atoms with Gasteiger partial charge >= 0.3 is 0 Å². The molecule has 26 heavy (non-hydrogen) atoms. The molecule has 1 atom stereocenters. The van der Waals surface area contributed by atoms with Crippen molar-refractivity contribution >= 4 is 17.5 Å². The van der Waals surface area contributed by atoms with Gasteiger partial charge in [0.1, 0.15) is 0 Å². The third-order valence-corrected chi connectivity index (χ3v) is 5.35. The first kappa shape index (κ1) is 18.7. The number of aromatic nitrogens is 1. The van der Waals surface area contributed by atoms with Crippen molar-refractivity contribution in [3.8, 4) is 0 Å². The highest BCUT2D eigenvalue weighted by Crippen LogP contribution is 2.41. The predicted molar refractivity (Wildman–Crippen MR) is 101 cm³/mol. The van der Waals surface area contributed by atoms with Crippen molar-refractivity contribution in [1.82, 2.24) is 9.88 Å². The van der Waals surface area contributed by atoms with Gasteiger partial charge in [-0.1, -0.05) is 42.6 Å². The van der Waals surface area contributed by atoms with E-state index in [1.807, 2.05) is 12.1 Å². The molecule has 0 spiro atoms. The first-order valence-electron chi connectivity index (χ1n) is 8.89. The zero-order valence-electron chi connectivity index (χ0n) is 14.5. The number of carbonyl (C=O) groups is 1. The second-order valence-corrected chi connectivity index (χ2v) is 7.29. The van der Waals surface area contributed by atoms with Gasteiger partial charge in [0.15, 0.2) is 0 Å². The summed E-state index contributed by atoms with van der Waals surface area (Å²) in [5, 5.41) is 13.7. The molecule has 0 aliphatic heterocycles. The average molecular weight is 375 g/mol. The predicted octanol–water partition coefficient (Wildman–Crippen LogP) is 2.49. The van der Waals surface area contributed by atoms with Crippen LogP contribution in [-0.4, -0.2) is 28.2 Å². The normalized spacial score (nSPS) is 17.0. The van der Waals surface area contributed by atoms with Crippen LogP contribution >= 0.6 is 11.6 Å². The molecule has 6 heteroatoms. The summed E-state index contributed by atoms with van der Waals surface area (Å²) in [5.41, 5.74) is 0.227. The van der Waals surface area contributed by atoms with Gasteiger partial charge in [-0.05, 0) is 36.6 Å². The fourth-order valence-electron chi connectivity index (χ4n) is 3.68. The second kappa shape index (κ2) is 8.06. The zero-order chi connectivity index (χ0) is 18.6. The molecule has 0 radical (unpaired) electrons.